The number of hydrogen-bond donors (Lipinski definition) is 1. The summed E-state index contributed by atoms with van der Waals surface area (Å²) in [5, 5.41) is 3.72. The van der Waals surface area contributed by atoms with Crippen LogP contribution in [0.5, 0.6) is 5.75 Å². The van der Waals surface area contributed by atoms with Crippen molar-refractivity contribution in [3.63, 3.8) is 0 Å². The minimum Gasteiger partial charge on any atom is -0.486 e. The fraction of sp³-hybridized carbons (Fsp3) is 0.625. The van der Waals surface area contributed by atoms with Crippen molar-refractivity contribution in [3.05, 3.63) is 29.8 Å². The van der Waals surface area contributed by atoms with E-state index in [4.69, 9.17) is 9.47 Å². The predicted molar refractivity (Wildman–Crippen MR) is 75.4 cm³/mol. The Hall–Kier alpha value is -1.06. The van der Waals surface area contributed by atoms with E-state index in [1.165, 1.54) is 18.4 Å². The molecule has 3 rings (SSSR count). The number of ether oxygens (including phenoxy) is 2. The summed E-state index contributed by atoms with van der Waals surface area (Å²) < 4.78 is 11.5. The summed E-state index contributed by atoms with van der Waals surface area (Å²) in [6.45, 7) is 7.19. The molecule has 0 radical (unpaired) electrons. The molecular formula is C16H23NO2. The Morgan fingerprint density at radius 1 is 1.21 bits per heavy atom. The van der Waals surface area contributed by atoms with Crippen molar-refractivity contribution in [2.45, 2.75) is 38.3 Å². The van der Waals surface area contributed by atoms with Crippen molar-refractivity contribution in [2.75, 3.05) is 19.8 Å². The van der Waals surface area contributed by atoms with Crippen LogP contribution in [0.15, 0.2) is 24.3 Å². The monoisotopic (exact) mass is 261 g/mol. The maximum Gasteiger partial charge on any atom is 0.125 e. The largest absolute Gasteiger partial charge is 0.486 e. The minimum atomic E-state index is -0.172. The summed E-state index contributed by atoms with van der Waals surface area (Å²) in [7, 11) is 0. The average molecular weight is 261 g/mol. The maximum absolute atomic E-state index is 6.06. The highest BCUT2D eigenvalue weighted by Gasteiger charge is 2.40. The van der Waals surface area contributed by atoms with E-state index in [-0.39, 0.29) is 11.6 Å². The van der Waals surface area contributed by atoms with Crippen LogP contribution in [-0.2, 0) is 4.74 Å². The Morgan fingerprint density at radius 3 is 2.74 bits per heavy atom. The second-order valence-electron chi connectivity index (χ2n) is 6.14. The average Bonchev–Trinajstić information content (AvgIpc) is 2.67. The molecule has 1 aromatic rings. The van der Waals surface area contributed by atoms with Gasteiger partial charge in [-0.3, -0.25) is 0 Å². The summed E-state index contributed by atoms with van der Waals surface area (Å²) in [6, 6.07) is 8.65. The van der Waals surface area contributed by atoms with E-state index in [0.29, 0.717) is 0 Å². The molecule has 0 bridgehead atoms. The van der Waals surface area contributed by atoms with Gasteiger partial charge in [-0.25, -0.2) is 0 Å². The quantitative estimate of drug-likeness (QED) is 0.907. The Morgan fingerprint density at radius 2 is 1.95 bits per heavy atom. The van der Waals surface area contributed by atoms with Crippen LogP contribution in [0.3, 0.4) is 0 Å². The first kappa shape index (κ1) is 12.9. The smallest absolute Gasteiger partial charge is 0.125 e. The number of nitrogens with one attached hydrogen (secondary N) is 1. The summed E-state index contributed by atoms with van der Waals surface area (Å²) in [6.07, 6.45) is 2.34. The lowest BCUT2D eigenvalue weighted by molar-refractivity contribution is 0.0580. The van der Waals surface area contributed by atoms with E-state index >= 15 is 0 Å². The zero-order chi connectivity index (χ0) is 13.3. The fourth-order valence-corrected chi connectivity index (χ4v) is 3.12. The molecular weight excluding hydrogens is 238 g/mol. The first-order valence-corrected chi connectivity index (χ1v) is 7.26. The molecule has 0 aliphatic carbocycles. The van der Waals surface area contributed by atoms with Gasteiger partial charge in [0.05, 0.1) is 6.04 Å². The molecule has 1 N–H and O–H groups in total. The fourth-order valence-electron chi connectivity index (χ4n) is 3.12. The van der Waals surface area contributed by atoms with Crippen molar-refractivity contribution in [1.29, 1.82) is 0 Å². The van der Waals surface area contributed by atoms with Crippen LogP contribution in [0.2, 0.25) is 0 Å². The van der Waals surface area contributed by atoms with Gasteiger partial charge in [-0.05, 0) is 45.2 Å². The second-order valence-corrected chi connectivity index (χ2v) is 6.14. The van der Waals surface area contributed by atoms with Gasteiger partial charge in [-0.2, -0.15) is 0 Å². The molecule has 3 heteroatoms. The molecule has 1 aromatic carbocycles. The van der Waals surface area contributed by atoms with Crippen LogP contribution in [0.25, 0.3) is 0 Å². The topological polar surface area (TPSA) is 30.5 Å². The number of benzene rings is 1. The van der Waals surface area contributed by atoms with Gasteiger partial charge in [0, 0.05) is 18.8 Å². The van der Waals surface area contributed by atoms with Gasteiger partial charge in [-0.1, -0.05) is 18.2 Å². The van der Waals surface area contributed by atoms with Crippen LogP contribution >= 0.6 is 0 Å². The summed E-state index contributed by atoms with van der Waals surface area (Å²) in [4.78, 5) is 0. The van der Waals surface area contributed by atoms with Crippen molar-refractivity contribution >= 4 is 0 Å². The lowest BCUT2D eigenvalue weighted by Gasteiger charge is -2.30. The van der Waals surface area contributed by atoms with Gasteiger partial charge in [0.2, 0.25) is 0 Å². The maximum atomic E-state index is 6.06. The highest BCUT2D eigenvalue weighted by molar-refractivity contribution is 5.42. The molecule has 0 spiro atoms. The number of hydrogen-bond acceptors (Lipinski definition) is 3. The Kier molecular flexibility index (Phi) is 3.50. The van der Waals surface area contributed by atoms with Gasteiger partial charge in [-0.15, -0.1) is 0 Å². The molecule has 104 valence electrons. The van der Waals surface area contributed by atoms with Crippen molar-refractivity contribution in [3.8, 4) is 5.75 Å². The Balaban J connectivity index is 1.68. The number of fused-ring (bicyclic) bond motifs is 1. The zero-order valence-corrected chi connectivity index (χ0v) is 11.8. The van der Waals surface area contributed by atoms with E-state index in [2.05, 4.69) is 37.4 Å². The molecule has 19 heavy (non-hydrogen) atoms. The summed E-state index contributed by atoms with van der Waals surface area (Å²) in [5.74, 6) is 1.76. The zero-order valence-electron chi connectivity index (χ0n) is 11.8. The molecule has 0 saturated carbocycles. The third-order valence-electron chi connectivity index (χ3n) is 4.25. The van der Waals surface area contributed by atoms with Crippen molar-refractivity contribution in [1.82, 2.24) is 5.32 Å². The molecule has 1 atom stereocenters. The standard InChI is InChI=1S/C16H23NO2/c1-16(2)15(13-5-3-4-6-14(13)19-16)17-11-12-7-9-18-10-8-12/h3-6,12,15,17H,7-11H2,1-2H3. The predicted octanol–water partition coefficient (Wildman–Crippen LogP) is 2.91. The minimum absolute atomic E-state index is 0.172. The highest BCUT2D eigenvalue weighted by Crippen LogP contribution is 2.42. The highest BCUT2D eigenvalue weighted by atomic mass is 16.5. The first-order valence-electron chi connectivity index (χ1n) is 7.26. The molecule has 2 heterocycles. The summed E-state index contributed by atoms with van der Waals surface area (Å²) in [5.41, 5.74) is 1.12. The van der Waals surface area contributed by atoms with Crippen LogP contribution < -0.4 is 10.1 Å². The molecule has 1 fully saturated rings. The van der Waals surface area contributed by atoms with Crippen LogP contribution in [0, 0.1) is 5.92 Å². The van der Waals surface area contributed by atoms with E-state index in [0.717, 1.165) is 31.4 Å². The van der Waals surface area contributed by atoms with Gasteiger partial charge >= 0.3 is 0 Å². The van der Waals surface area contributed by atoms with Crippen LogP contribution in [-0.4, -0.2) is 25.4 Å². The third-order valence-corrected chi connectivity index (χ3v) is 4.25. The van der Waals surface area contributed by atoms with E-state index in [9.17, 15) is 0 Å². The summed E-state index contributed by atoms with van der Waals surface area (Å²) >= 11 is 0. The SMILES string of the molecule is CC1(C)Oc2ccccc2C1NCC1CCOCC1. The van der Waals surface area contributed by atoms with Crippen LogP contribution in [0.4, 0.5) is 0 Å². The van der Waals surface area contributed by atoms with Gasteiger partial charge < -0.3 is 14.8 Å². The number of rotatable bonds is 3. The van der Waals surface area contributed by atoms with Gasteiger partial charge in [0.1, 0.15) is 11.4 Å². The second kappa shape index (κ2) is 5.14. The van der Waals surface area contributed by atoms with Crippen molar-refractivity contribution in [2.24, 2.45) is 5.92 Å². The number of para-hydroxylation sites is 1. The molecule has 2 aliphatic rings. The molecule has 3 nitrogen and oxygen atoms in total. The molecule has 1 unspecified atom stereocenters. The van der Waals surface area contributed by atoms with Crippen molar-refractivity contribution < 1.29 is 9.47 Å². The van der Waals surface area contributed by atoms with E-state index in [1.54, 1.807) is 0 Å². The van der Waals surface area contributed by atoms with E-state index < -0.39 is 0 Å². The first-order chi connectivity index (χ1) is 9.17. The molecule has 0 amide bonds. The lowest BCUT2D eigenvalue weighted by Crippen LogP contribution is -2.41. The van der Waals surface area contributed by atoms with E-state index in [1.807, 2.05) is 6.07 Å². The third kappa shape index (κ3) is 2.63. The normalized spacial score (nSPS) is 25.9. The van der Waals surface area contributed by atoms with Gasteiger partial charge in [0.25, 0.3) is 0 Å². The lowest BCUT2D eigenvalue weighted by atomic mass is 9.93. The molecule has 0 aromatic heterocycles. The Labute approximate surface area is 115 Å². The van der Waals surface area contributed by atoms with Gasteiger partial charge in [0.15, 0.2) is 0 Å². The molecule has 1 saturated heterocycles. The molecule has 2 aliphatic heterocycles. The Bertz CT molecular complexity index is 438. The van der Waals surface area contributed by atoms with Crippen LogP contribution in [0.1, 0.15) is 38.3 Å².